The van der Waals surface area contributed by atoms with E-state index in [4.69, 9.17) is 4.42 Å². The summed E-state index contributed by atoms with van der Waals surface area (Å²) < 4.78 is 5.84. The highest BCUT2D eigenvalue weighted by Crippen LogP contribution is 2.22. The first-order valence-electron chi connectivity index (χ1n) is 9.20. The molecule has 2 aromatic heterocycles. The Balaban J connectivity index is 0.00000243. The quantitative estimate of drug-likeness (QED) is 0.862. The molecular weight excluding hydrogens is 350 g/mol. The Kier molecular flexibility index (Phi) is 7.66. The average Bonchev–Trinajstić information content (AvgIpc) is 2.84. The number of amides is 1. The standard InChI is InChI=1S/C20H27N3O2.ClH/c1-3-18-15(2)13-19(25-18)20(24)23(14-16-7-4-5-11-22-16)17-8-6-10-21-12-9-17;/h4-5,7,11,13,17,21H,3,6,8-10,12,14H2,1-2H3;1H. The SMILES string of the molecule is CCc1oc(C(=O)N(Cc2ccccn2)C2CCCNCC2)cc1C.Cl. The summed E-state index contributed by atoms with van der Waals surface area (Å²) in [4.78, 5) is 19.6. The number of hydrogen-bond acceptors (Lipinski definition) is 4. The van der Waals surface area contributed by atoms with Gasteiger partial charge >= 0.3 is 0 Å². The third kappa shape index (κ3) is 4.86. The highest BCUT2D eigenvalue weighted by molar-refractivity contribution is 5.92. The minimum Gasteiger partial charge on any atom is -0.456 e. The molecule has 6 heteroatoms. The number of carbonyl (C=O) groups is 1. The van der Waals surface area contributed by atoms with Crippen molar-refractivity contribution in [2.24, 2.45) is 0 Å². The van der Waals surface area contributed by atoms with Gasteiger partial charge in [0.15, 0.2) is 5.76 Å². The molecule has 0 aliphatic carbocycles. The summed E-state index contributed by atoms with van der Waals surface area (Å²) in [5, 5.41) is 3.42. The van der Waals surface area contributed by atoms with E-state index in [1.54, 1.807) is 6.20 Å². The van der Waals surface area contributed by atoms with Gasteiger partial charge in [0.25, 0.3) is 5.91 Å². The van der Waals surface area contributed by atoms with E-state index in [1.165, 1.54) is 0 Å². The van der Waals surface area contributed by atoms with E-state index in [2.05, 4.69) is 10.3 Å². The van der Waals surface area contributed by atoms with Crippen molar-refractivity contribution in [2.45, 2.75) is 52.1 Å². The van der Waals surface area contributed by atoms with Crippen molar-refractivity contribution in [2.75, 3.05) is 13.1 Å². The van der Waals surface area contributed by atoms with Gasteiger partial charge in [-0.2, -0.15) is 0 Å². The molecule has 1 unspecified atom stereocenters. The van der Waals surface area contributed by atoms with E-state index in [0.717, 1.165) is 55.8 Å². The lowest BCUT2D eigenvalue weighted by atomic mass is 10.1. The number of nitrogens with one attached hydrogen (secondary N) is 1. The van der Waals surface area contributed by atoms with Crippen LogP contribution in [0.15, 0.2) is 34.9 Å². The molecule has 1 atom stereocenters. The van der Waals surface area contributed by atoms with Crippen LogP contribution in [-0.4, -0.2) is 34.9 Å². The van der Waals surface area contributed by atoms with Crippen LogP contribution in [0, 0.1) is 6.92 Å². The van der Waals surface area contributed by atoms with Gasteiger partial charge in [-0.3, -0.25) is 9.78 Å². The number of furan rings is 1. The van der Waals surface area contributed by atoms with E-state index < -0.39 is 0 Å². The number of aryl methyl sites for hydroxylation is 2. The van der Waals surface area contributed by atoms with Crippen LogP contribution in [0.3, 0.4) is 0 Å². The lowest BCUT2D eigenvalue weighted by molar-refractivity contribution is 0.0608. The molecule has 3 rings (SSSR count). The van der Waals surface area contributed by atoms with Crippen molar-refractivity contribution in [3.8, 4) is 0 Å². The molecule has 2 aromatic rings. The Hall–Kier alpha value is -1.85. The molecule has 0 aromatic carbocycles. The Bertz CT molecular complexity index is 694. The Morgan fingerprint density at radius 3 is 2.88 bits per heavy atom. The highest BCUT2D eigenvalue weighted by Gasteiger charge is 2.28. The number of hydrogen-bond donors (Lipinski definition) is 1. The van der Waals surface area contributed by atoms with E-state index in [1.807, 2.05) is 43.0 Å². The van der Waals surface area contributed by atoms with Gasteiger partial charge in [0.05, 0.1) is 12.2 Å². The molecule has 0 spiro atoms. The molecule has 1 saturated heterocycles. The van der Waals surface area contributed by atoms with Crippen LogP contribution in [0.25, 0.3) is 0 Å². The minimum absolute atomic E-state index is 0. The second-order valence-electron chi connectivity index (χ2n) is 6.66. The van der Waals surface area contributed by atoms with Crippen LogP contribution < -0.4 is 5.32 Å². The highest BCUT2D eigenvalue weighted by atomic mass is 35.5. The van der Waals surface area contributed by atoms with Crippen molar-refractivity contribution in [3.05, 3.63) is 53.2 Å². The number of aromatic nitrogens is 1. The Labute approximate surface area is 161 Å². The van der Waals surface area contributed by atoms with Gasteiger partial charge in [0, 0.05) is 18.7 Å². The lowest BCUT2D eigenvalue weighted by Crippen LogP contribution is -2.40. The molecule has 3 heterocycles. The summed E-state index contributed by atoms with van der Waals surface area (Å²) in [6.45, 7) is 6.52. The number of pyridine rings is 1. The molecule has 1 aliphatic heterocycles. The summed E-state index contributed by atoms with van der Waals surface area (Å²) in [6, 6.07) is 7.92. The molecule has 1 N–H and O–H groups in total. The van der Waals surface area contributed by atoms with Crippen molar-refractivity contribution in [1.82, 2.24) is 15.2 Å². The lowest BCUT2D eigenvalue weighted by Gasteiger charge is -2.30. The predicted molar refractivity (Wildman–Crippen MR) is 105 cm³/mol. The first kappa shape index (κ1) is 20.5. The van der Waals surface area contributed by atoms with Crippen molar-refractivity contribution in [1.29, 1.82) is 0 Å². The van der Waals surface area contributed by atoms with Gasteiger partial charge in [-0.25, -0.2) is 0 Å². The molecule has 0 radical (unpaired) electrons. The minimum atomic E-state index is -0.0275. The molecule has 5 nitrogen and oxygen atoms in total. The monoisotopic (exact) mass is 377 g/mol. The van der Waals surface area contributed by atoms with Crippen LogP contribution in [0.1, 0.15) is 53.8 Å². The fourth-order valence-corrected chi connectivity index (χ4v) is 3.46. The fourth-order valence-electron chi connectivity index (χ4n) is 3.46. The smallest absolute Gasteiger partial charge is 0.290 e. The van der Waals surface area contributed by atoms with Crippen LogP contribution in [0.4, 0.5) is 0 Å². The van der Waals surface area contributed by atoms with Gasteiger partial charge in [0.2, 0.25) is 0 Å². The Morgan fingerprint density at radius 2 is 2.19 bits per heavy atom. The van der Waals surface area contributed by atoms with E-state index >= 15 is 0 Å². The Morgan fingerprint density at radius 1 is 1.35 bits per heavy atom. The molecule has 0 saturated carbocycles. The van der Waals surface area contributed by atoms with Gasteiger partial charge in [-0.15, -0.1) is 12.4 Å². The zero-order chi connectivity index (χ0) is 17.6. The van der Waals surface area contributed by atoms with Crippen LogP contribution in [0.5, 0.6) is 0 Å². The summed E-state index contributed by atoms with van der Waals surface area (Å²) in [5.41, 5.74) is 1.96. The van der Waals surface area contributed by atoms with E-state index in [0.29, 0.717) is 12.3 Å². The van der Waals surface area contributed by atoms with Crippen molar-refractivity contribution >= 4 is 18.3 Å². The van der Waals surface area contributed by atoms with Crippen molar-refractivity contribution in [3.63, 3.8) is 0 Å². The van der Waals surface area contributed by atoms with Gasteiger partial charge in [-0.05, 0) is 63.0 Å². The van der Waals surface area contributed by atoms with Gasteiger partial charge < -0.3 is 14.6 Å². The zero-order valence-electron chi connectivity index (χ0n) is 15.5. The maximum absolute atomic E-state index is 13.2. The molecule has 1 aliphatic rings. The number of nitrogens with zero attached hydrogens (tertiary/aromatic N) is 2. The second-order valence-corrected chi connectivity index (χ2v) is 6.66. The molecule has 1 amide bonds. The van der Waals surface area contributed by atoms with Crippen molar-refractivity contribution < 1.29 is 9.21 Å². The molecule has 26 heavy (non-hydrogen) atoms. The number of rotatable bonds is 5. The second kappa shape index (κ2) is 9.74. The van der Waals surface area contributed by atoms with E-state index in [9.17, 15) is 4.79 Å². The maximum Gasteiger partial charge on any atom is 0.290 e. The maximum atomic E-state index is 13.2. The van der Waals surface area contributed by atoms with Gasteiger partial charge in [-0.1, -0.05) is 13.0 Å². The zero-order valence-corrected chi connectivity index (χ0v) is 16.3. The predicted octanol–water partition coefficient (Wildman–Crippen LogP) is 3.75. The summed E-state index contributed by atoms with van der Waals surface area (Å²) >= 11 is 0. The average molecular weight is 378 g/mol. The molecule has 142 valence electrons. The summed E-state index contributed by atoms with van der Waals surface area (Å²) in [7, 11) is 0. The van der Waals surface area contributed by atoms with Crippen LogP contribution in [0.2, 0.25) is 0 Å². The molecule has 1 fully saturated rings. The van der Waals surface area contributed by atoms with Gasteiger partial charge in [0.1, 0.15) is 5.76 Å². The summed E-state index contributed by atoms with van der Waals surface area (Å²) in [5.74, 6) is 1.31. The normalized spacial score (nSPS) is 17.2. The number of halogens is 1. The molecular formula is C20H28ClN3O2. The topological polar surface area (TPSA) is 58.4 Å². The first-order valence-corrected chi connectivity index (χ1v) is 9.20. The first-order chi connectivity index (χ1) is 12.2. The number of carbonyl (C=O) groups excluding carboxylic acids is 1. The third-order valence-corrected chi connectivity index (χ3v) is 4.86. The fraction of sp³-hybridized carbons (Fsp3) is 0.500. The van der Waals surface area contributed by atoms with Crippen LogP contribution >= 0.6 is 12.4 Å². The third-order valence-electron chi connectivity index (χ3n) is 4.86. The van der Waals surface area contributed by atoms with Crippen LogP contribution in [-0.2, 0) is 13.0 Å². The largest absolute Gasteiger partial charge is 0.456 e. The summed E-state index contributed by atoms with van der Waals surface area (Å²) in [6.07, 6.45) is 5.62. The van der Waals surface area contributed by atoms with E-state index in [-0.39, 0.29) is 24.4 Å². The molecule has 0 bridgehead atoms.